The number of carbonyl (C=O) groups excluding carboxylic acids is 1. The molecule has 1 amide bonds. The number of nitrogens with one attached hydrogen (secondary N) is 1. The second-order valence-corrected chi connectivity index (χ2v) is 6.82. The van der Waals surface area contributed by atoms with Gasteiger partial charge in [-0.3, -0.25) is 4.79 Å². The number of alkyl halides is 3. The second-order valence-electron chi connectivity index (χ2n) is 6.82. The molecule has 2 heterocycles. The molecular formula is C22H16F4N4O. The number of nitrogens with zero attached hydrogens (tertiary/aromatic N) is 3. The summed E-state index contributed by atoms with van der Waals surface area (Å²) in [6.07, 6.45) is -3.11. The summed E-state index contributed by atoms with van der Waals surface area (Å²) in [7, 11) is 0. The number of amides is 1. The maximum absolute atomic E-state index is 13.6. The fourth-order valence-electron chi connectivity index (χ4n) is 3.15. The molecule has 158 valence electrons. The molecule has 0 bridgehead atoms. The van der Waals surface area contributed by atoms with E-state index in [9.17, 15) is 22.4 Å². The molecule has 2 aromatic carbocycles. The normalized spacial score (nSPS) is 11.6. The maximum atomic E-state index is 13.6. The Hall–Kier alpha value is -3.75. The van der Waals surface area contributed by atoms with Gasteiger partial charge in [0.1, 0.15) is 11.4 Å². The van der Waals surface area contributed by atoms with E-state index >= 15 is 0 Å². The van der Waals surface area contributed by atoms with Gasteiger partial charge in [-0.15, -0.1) is 0 Å². The van der Waals surface area contributed by atoms with Gasteiger partial charge in [0.2, 0.25) is 0 Å². The van der Waals surface area contributed by atoms with E-state index in [1.165, 1.54) is 12.1 Å². The molecular weight excluding hydrogens is 412 g/mol. The predicted molar refractivity (Wildman–Crippen MR) is 106 cm³/mol. The van der Waals surface area contributed by atoms with Crippen LogP contribution in [0.25, 0.3) is 16.9 Å². The van der Waals surface area contributed by atoms with E-state index in [4.69, 9.17) is 0 Å². The fourth-order valence-corrected chi connectivity index (χ4v) is 3.15. The molecule has 0 saturated heterocycles. The Labute approximate surface area is 174 Å². The number of halogens is 4. The van der Waals surface area contributed by atoms with Gasteiger partial charge in [-0.2, -0.15) is 18.3 Å². The highest BCUT2D eigenvalue weighted by molar-refractivity contribution is 5.99. The largest absolute Gasteiger partial charge is 0.433 e. The minimum atomic E-state index is -4.73. The van der Waals surface area contributed by atoms with Gasteiger partial charge in [0.05, 0.1) is 11.9 Å². The van der Waals surface area contributed by atoms with Gasteiger partial charge in [-0.05, 0) is 42.3 Å². The topological polar surface area (TPSA) is 59.3 Å². The Kier molecular flexibility index (Phi) is 5.41. The lowest BCUT2D eigenvalue weighted by Gasteiger charge is -2.12. The van der Waals surface area contributed by atoms with Gasteiger partial charge in [-0.1, -0.05) is 30.3 Å². The molecule has 31 heavy (non-hydrogen) atoms. The third-order valence-electron chi connectivity index (χ3n) is 4.69. The lowest BCUT2D eigenvalue weighted by Crippen LogP contribution is -2.26. The molecule has 1 N–H and O–H groups in total. The number of aromatic nitrogens is 3. The van der Waals surface area contributed by atoms with Gasteiger partial charge in [0.25, 0.3) is 5.91 Å². The molecule has 0 aliphatic rings. The van der Waals surface area contributed by atoms with E-state index in [0.29, 0.717) is 17.5 Å². The molecule has 5 nitrogen and oxygen atoms in total. The highest BCUT2D eigenvalue weighted by atomic mass is 19.4. The molecule has 4 aromatic rings. The maximum Gasteiger partial charge on any atom is 0.433 e. The van der Waals surface area contributed by atoms with E-state index in [1.807, 2.05) is 30.3 Å². The first-order valence-electron chi connectivity index (χ1n) is 9.37. The van der Waals surface area contributed by atoms with Crippen molar-refractivity contribution in [3.63, 3.8) is 0 Å². The highest BCUT2D eigenvalue weighted by Gasteiger charge is 2.36. The predicted octanol–water partition coefficient (Wildman–Crippen LogP) is 4.53. The summed E-state index contributed by atoms with van der Waals surface area (Å²) in [5.41, 5.74) is -0.141. The summed E-state index contributed by atoms with van der Waals surface area (Å²) in [4.78, 5) is 16.8. The summed E-state index contributed by atoms with van der Waals surface area (Å²) in [5.74, 6) is -1.11. The van der Waals surface area contributed by atoms with Crippen LogP contribution in [0.15, 0.2) is 66.9 Å². The second kappa shape index (κ2) is 8.17. The first kappa shape index (κ1) is 20.5. The van der Waals surface area contributed by atoms with E-state index < -0.39 is 23.6 Å². The van der Waals surface area contributed by atoms with E-state index in [-0.39, 0.29) is 22.5 Å². The van der Waals surface area contributed by atoms with Crippen LogP contribution in [0.2, 0.25) is 0 Å². The van der Waals surface area contributed by atoms with Crippen LogP contribution in [-0.4, -0.2) is 27.0 Å². The number of fused-ring (bicyclic) bond motifs is 1. The third kappa shape index (κ3) is 4.40. The summed E-state index contributed by atoms with van der Waals surface area (Å²) >= 11 is 0. The van der Waals surface area contributed by atoms with Gasteiger partial charge < -0.3 is 5.32 Å². The van der Waals surface area contributed by atoms with Crippen molar-refractivity contribution in [3.05, 3.63) is 89.5 Å². The lowest BCUT2D eigenvalue weighted by atomic mass is 10.1. The van der Waals surface area contributed by atoms with Crippen molar-refractivity contribution in [1.29, 1.82) is 0 Å². The van der Waals surface area contributed by atoms with E-state index in [2.05, 4.69) is 15.4 Å². The van der Waals surface area contributed by atoms with Gasteiger partial charge in [-0.25, -0.2) is 13.9 Å². The van der Waals surface area contributed by atoms with Crippen molar-refractivity contribution in [2.45, 2.75) is 12.6 Å². The number of benzene rings is 2. The van der Waals surface area contributed by atoms with Crippen LogP contribution in [0.3, 0.4) is 0 Å². The smallest absolute Gasteiger partial charge is 0.352 e. The Morgan fingerprint density at radius 1 is 1.03 bits per heavy atom. The van der Waals surface area contributed by atoms with Gasteiger partial charge in [0, 0.05) is 12.1 Å². The first-order chi connectivity index (χ1) is 14.8. The summed E-state index contributed by atoms with van der Waals surface area (Å²) in [5, 5.41) is 6.42. The van der Waals surface area contributed by atoms with Crippen molar-refractivity contribution >= 4 is 11.6 Å². The monoisotopic (exact) mass is 428 g/mol. The fraction of sp³-hybridized carbons (Fsp3) is 0.136. The van der Waals surface area contributed by atoms with Crippen LogP contribution in [0.5, 0.6) is 0 Å². The molecule has 2 aromatic heterocycles. The van der Waals surface area contributed by atoms with Crippen molar-refractivity contribution in [1.82, 2.24) is 19.9 Å². The Bertz CT molecular complexity index is 1220. The van der Waals surface area contributed by atoms with Crippen LogP contribution in [0.4, 0.5) is 17.6 Å². The molecule has 0 fully saturated rings. The first-order valence-corrected chi connectivity index (χ1v) is 9.37. The Balaban J connectivity index is 1.68. The van der Waals surface area contributed by atoms with E-state index in [1.54, 1.807) is 0 Å². The highest BCUT2D eigenvalue weighted by Crippen LogP contribution is 2.32. The number of hydrogen-bond donors (Lipinski definition) is 1. The minimum absolute atomic E-state index is 0.0429. The van der Waals surface area contributed by atoms with Crippen LogP contribution in [0, 0.1) is 5.82 Å². The van der Waals surface area contributed by atoms with Crippen LogP contribution < -0.4 is 5.32 Å². The quantitative estimate of drug-likeness (QED) is 0.476. The van der Waals surface area contributed by atoms with Crippen molar-refractivity contribution in [2.24, 2.45) is 0 Å². The summed E-state index contributed by atoms with van der Waals surface area (Å²) in [6.45, 7) is 0.296. The minimum Gasteiger partial charge on any atom is -0.352 e. The van der Waals surface area contributed by atoms with Gasteiger partial charge >= 0.3 is 6.18 Å². The molecule has 0 unspecified atom stereocenters. The summed E-state index contributed by atoms with van der Waals surface area (Å²) in [6, 6.07) is 15.2. The molecule has 4 rings (SSSR count). The zero-order valence-corrected chi connectivity index (χ0v) is 16.0. The SMILES string of the molecule is O=C(NCCc1ccccc1)c1cnn2c(C(F)(F)F)cc(-c3ccc(F)cc3)nc12. The Morgan fingerprint density at radius 2 is 1.74 bits per heavy atom. The number of hydrogen-bond acceptors (Lipinski definition) is 3. The lowest BCUT2D eigenvalue weighted by molar-refractivity contribution is -0.142. The Morgan fingerprint density at radius 3 is 2.42 bits per heavy atom. The zero-order valence-electron chi connectivity index (χ0n) is 16.0. The number of carbonyl (C=O) groups is 1. The van der Waals surface area contributed by atoms with Crippen LogP contribution in [-0.2, 0) is 12.6 Å². The van der Waals surface area contributed by atoms with Gasteiger partial charge in [0.15, 0.2) is 11.3 Å². The average Bonchev–Trinajstić information content (AvgIpc) is 3.17. The standard InChI is InChI=1S/C22H16F4N4O/c23-16-8-6-15(7-9-16)18-12-19(22(24,25)26)30-20(29-18)17(13-28-30)21(31)27-11-10-14-4-2-1-3-5-14/h1-9,12-13H,10-11H2,(H,27,31). The van der Waals surface area contributed by atoms with Crippen LogP contribution in [0.1, 0.15) is 21.6 Å². The molecule has 0 spiro atoms. The van der Waals surface area contributed by atoms with Crippen molar-refractivity contribution in [3.8, 4) is 11.3 Å². The van der Waals surface area contributed by atoms with E-state index in [0.717, 1.165) is 30.0 Å². The molecule has 0 aliphatic heterocycles. The molecule has 0 saturated carbocycles. The molecule has 0 atom stereocenters. The molecule has 9 heteroatoms. The summed E-state index contributed by atoms with van der Waals surface area (Å²) < 4.78 is 54.7. The van der Waals surface area contributed by atoms with Crippen molar-refractivity contribution < 1.29 is 22.4 Å². The number of rotatable bonds is 5. The van der Waals surface area contributed by atoms with Crippen LogP contribution >= 0.6 is 0 Å². The average molecular weight is 428 g/mol. The molecule has 0 radical (unpaired) electrons. The van der Waals surface area contributed by atoms with Crippen molar-refractivity contribution in [2.75, 3.05) is 6.54 Å². The molecule has 0 aliphatic carbocycles. The zero-order chi connectivity index (χ0) is 22.0. The third-order valence-corrected chi connectivity index (χ3v) is 4.69.